The first-order chi connectivity index (χ1) is 8.58. The molecular formula is C12H16BrN3O2. The lowest BCUT2D eigenvalue weighted by Gasteiger charge is -2.23. The topological polar surface area (TPSA) is 56.7 Å². The average molecular weight is 314 g/mol. The number of rotatable bonds is 2. The maximum absolute atomic E-state index is 11.3. The summed E-state index contributed by atoms with van der Waals surface area (Å²) in [6.45, 7) is 3.62. The SMILES string of the molecule is CN1CCCN(c2ncc(Br)cc2C(=O)O)CC1. The Hall–Kier alpha value is -1.14. The highest BCUT2D eigenvalue weighted by Gasteiger charge is 2.20. The number of aromatic nitrogens is 1. The van der Waals surface area contributed by atoms with Crippen molar-refractivity contribution >= 4 is 27.7 Å². The molecule has 0 atom stereocenters. The lowest BCUT2D eigenvalue weighted by atomic mass is 10.2. The highest BCUT2D eigenvalue weighted by atomic mass is 79.9. The van der Waals surface area contributed by atoms with E-state index in [9.17, 15) is 9.90 Å². The number of aromatic carboxylic acids is 1. The number of likely N-dealkylation sites (N-methyl/N-ethyl adjacent to an activating group) is 1. The van der Waals surface area contributed by atoms with E-state index in [1.165, 1.54) is 0 Å². The second kappa shape index (κ2) is 5.67. The predicted octanol–water partition coefficient (Wildman–Crippen LogP) is 1.68. The Morgan fingerprint density at radius 1 is 1.39 bits per heavy atom. The molecule has 0 unspecified atom stereocenters. The molecule has 98 valence electrons. The summed E-state index contributed by atoms with van der Waals surface area (Å²) in [6.07, 6.45) is 2.67. The second-order valence-electron chi connectivity index (χ2n) is 4.47. The Kier molecular flexibility index (Phi) is 4.19. The number of carboxylic acid groups (broad SMARTS) is 1. The molecule has 2 rings (SSSR count). The zero-order valence-corrected chi connectivity index (χ0v) is 11.9. The van der Waals surface area contributed by atoms with Crippen LogP contribution in [-0.4, -0.2) is 54.2 Å². The van der Waals surface area contributed by atoms with Crippen LogP contribution in [-0.2, 0) is 0 Å². The number of pyridine rings is 1. The zero-order chi connectivity index (χ0) is 13.1. The molecule has 2 heterocycles. The highest BCUT2D eigenvalue weighted by molar-refractivity contribution is 9.10. The fourth-order valence-electron chi connectivity index (χ4n) is 2.10. The van der Waals surface area contributed by atoms with Gasteiger partial charge < -0.3 is 14.9 Å². The molecule has 1 aliphatic rings. The Morgan fingerprint density at radius 3 is 2.89 bits per heavy atom. The van der Waals surface area contributed by atoms with Gasteiger partial charge in [0, 0.05) is 30.3 Å². The average Bonchev–Trinajstić information content (AvgIpc) is 2.54. The lowest BCUT2D eigenvalue weighted by Crippen LogP contribution is -2.30. The number of halogens is 1. The molecule has 0 radical (unpaired) electrons. The van der Waals surface area contributed by atoms with Crippen molar-refractivity contribution < 1.29 is 9.90 Å². The van der Waals surface area contributed by atoms with Crippen LogP contribution < -0.4 is 4.90 Å². The van der Waals surface area contributed by atoms with Crippen molar-refractivity contribution in [3.8, 4) is 0 Å². The van der Waals surface area contributed by atoms with Gasteiger partial charge in [-0.3, -0.25) is 0 Å². The first kappa shape index (κ1) is 13.3. The maximum atomic E-state index is 11.3. The second-order valence-corrected chi connectivity index (χ2v) is 5.39. The quantitative estimate of drug-likeness (QED) is 0.900. The third kappa shape index (κ3) is 3.00. The lowest BCUT2D eigenvalue weighted by molar-refractivity contribution is 0.0697. The maximum Gasteiger partial charge on any atom is 0.339 e. The molecule has 0 aromatic carbocycles. The summed E-state index contributed by atoms with van der Waals surface area (Å²) < 4.78 is 0.690. The molecule has 0 bridgehead atoms. The molecule has 18 heavy (non-hydrogen) atoms. The third-order valence-electron chi connectivity index (χ3n) is 3.08. The molecule has 0 spiro atoms. The highest BCUT2D eigenvalue weighted by Crippen LogP contribution is 2.22. The molecule has 6 heteroatoms. The van der Waals surface area contributed by atoms with Gasteiger partial charge >= 0.3 is 5.97 Å². The molecule has 5 nitrogen and oxygen atoms in total. The molecule has 1 aliphatic heterocycles. The number of hydrogen-bond donors (Lipinski definition) is 1. The van der Waals surface area contributed by atoms with Crippen LogP contribution >= 0.6 is 15.9 Å². The number of carbonyl (C=O) groups is 1. The van der Waals surface area contributed by atoms with E-state index < -0.39 is 5.97 Å². The van der Waals surface area contributed by atoms with Gasteiger partial charge in [-0.1, -0.05) is 0 Å². The van der Waals surface area contributed by atoms with Crippen molar-refractivity contribution in [2.24, 2.45) is 0 Å². The van der Waals surface area contributed by atoms with E-state index >= 15 is 0 Å². The Balaban J connectivity index is 2.29. The molecule has 0 saturated carbocycles. The van der Waals surface area contributed by atoms with Gasteiger partial charge in [-0.25, -0.2) is 9.78 Å². The number of anilines is 1. The fourth-order valence-corrected chi connectivity index (χ4v) is 2.43. The fraction of sp³-hybridized carbons (Fsp3) is 0.500. The van der Waals surface area contributed by atoms with E-state index in [1.807, 2.05) is 0 Å². The van der Waals surface area contributed by atoms with Gasteiger partial charge in [0.1, 0.15) is 11.4 Å². The Bertz CT molecular complexity index is 453. The van der Waals surface area contributed by atoms with Gasteiger partial charge in [0.25, 0.3) is 0 Å². The van der Waals surface area contributed by atoms with E-state index in [4.69, 9.17) is 0 Å². The van der Waals surface area contributed by atoms with Gasteiger partial charge in [0.15, 0.2) is 0 Å². The number of carboxylic acids is 1. The summed E-state index contributed by atoms with van der Waals surface area (Å²) >= 11 is 3.26. The first-order valence-corrected chi connectivity index (χ1v) is 6.69. The largest absolute Gasteiger partial charge is 0.478 e. The summed E-state index contributed by atoms with van der Waals surface area (Å²) in [7, 11) is 2.08. The van der Waals surface area contributed by atoms with Crippen LogP contribution in [0.15, 0.2) is 16.7 Å². The summed E-state index contributed by atoms with van der Waals surface area (Å²) in [5.74, 6) is -0.364. The van der Waals surface area contributed by atoms with E-state index in [2.05, 4.69) is 37.8 Å². The van der Waals surface area contributed by atoms with Crippen molar-refractivity contribution in [1.82, 2.24) is 9.88 Å². The third-order valence-corrected chi connectivity index (χ3v) is 3.52. The van der Waals surface area contributed by atoms with Crippen LogP contribution in [0.25, 0.3) is 0 Å². The van der Waals surface area contributed by atoms with Gasteiger partial charge in [-0.15, -0.1) is 0 Å². The minimum absolute atomic E-state index is 0.258. The molecule has 0 amide bonds. The van der Waals surface area contributed by atoms with Crippen LogP contribution in [0.2, 0.25) is 0 Å². The van der Waals surface area contributed by atoms with Crippen molar-refractivity contribution in [3.63, 3.8) is 0 Å². The van der Waals surface area contributed by atoms with Crippen molar-refractivity contribution in [2.45, 2.75) is 6.42 Å². The summed E-state index contributed by atoms with van der Waals surface area (Å²) in [5.41, 5.74) is 0.258. The molecule has 1 N–H and O–H groups in total. The van der Waals surface area contributed by atoms with Crippen molar-refractivity contribution in [1.29, 1.82) is 0 Å². The monoisotopic (exact) mass is 313 g/mol. The zero-order valence-electron chi connectivity index (χ0n) is 10.3. The van der Waals surface area contributed by atoms with E-state index in [1.54, 1.807) is 12.3 Å². The van der Waals surface area contributed by atoms with Crippen LogP contribution in [0.1, 0.15) is 16.8 Å². The van der Waals surface area contributed by atoms with Crippen LogP contribution in [0.3, 0.4) is 0 Å². The standard InChI is InChI=1S/C12H16BrN3O2/c1-15-3-2-4-16(6-5-15)11-10(12(17)18)7-9(13)8-14-11/h7-8H,2-6H2,1H3,(H,17,18). The number of hydrogen-bond acceptors (Lipinski definition) is 4. The number of nitrogens with zero attached hydrogens (tertiary/aromatic N) is 3. The molecular weight excluding hydrogens is 298 g/mol. The molecule has 0 aliphatic carbocycles. The summed E-state index contributed by atoms with van der Waals surface area (Å²) in [4.78, 5) is 19.8. The van der Waals surface area contributed by atoms with Crippen LogP contribution in [0, 0.1) is 0 Å². The van der Waals surface area contributed by atoms with Gasteiger partial charge in [-0.2, -0.15) is 0 Å². The summed E-state index contributed by atoms with van der Waals surface area (Å²) in [6, 6.07) is 1.61. The molecule has 1 aromatic heterocycles. The van der Waals surface area contributed by atoms with Gasteiger partial charge in [0.05, 0.1) is 0 Å². The van der Waals surface area contributed by atoms with Crippen molar-refractivity contribution in [3.05, 3.63) is 22.3 Å². The minimum atomic E-state index is -0.934. The van der Waals surface area contributed by atoms with E-state index in [-0.39, 0.29) is 5.56 Å². The van der Waals surface area contributed by atoms with Gasteiger partial charge in [-0.05, 0) is 42.0 Å². The normalized spacial score (nSPS) is 17.6. The Labute approximate surface area is 115 Å². The molecule has 1 saturated heterocycles. The molecule has 1 fully saturated rings. The minimum Gasteiger partial charge on any atom is -0.478 e. The van der Waals surface area contributed by atoms with Crippen LogP contribution in [0.4, 0.5) is 5.82 Å². The van der Waals surface area contributed by atoms with Crippen molar-refractivity contribution in [2.75, 3.05) is 38.1 Å². The van der Waals surface area contributed by atoms with Gasteiger partial charge in [0.2, 0.25) is 0 Å². The predicted molar refractivity (Wildman–Crippen MR) is 73.2 cm³/mol. The first-order valence-electron chi connectivity index (χ1n) is 5.90. The molecule has 1 aromatic rings. The van der Waals surface area contributed by atoms with E-state index in [0.29, 0.717) is 10.3 Å². The Morgan fingerprint density at radius 2 is 2.17 bits per heavy atom. The smallest absolute Gasteiger partial charge is 0.339 e. The summed E-state index contributed by atoms with van der Waals surface area (Å²) in [5, 5.41) is 9.25. The van der Waals surface area contributed by atoms with Crippen LogP contribution in [0.5, 0.6) is 0 Å². The van der Waals surface area contributed by atoms with E-state index in [0.717, 1.165) is 32.6 Å².